The highest BCUT2D eigenvalue weighted by Gasteiger charge is 2.25. The molecule has 0 aliphatic rings. The standard InChI is InChI=1S/C15H20N2O2S/c1-3-15(4-2,9-18)8-16-14(19)11-5-6-12-13(7-11)20-10-17-12/h5-7,10,18H,3-4,8-9H2,1-2H3,(H,16,19). The monoisotopic (exact) mass is 292 g/mol. The van der Waals surface area contributed by atoms with Gasteiger partial charge in [0.1, 0.15) is 0 Å². The van der Waals surface area contributed by atoms with Gasteiger partial charge in [-0.2, -0.15) is 0 Å². The summed E-state index contributed by atoms with van der Waals surface area (Å²) in [4.78, 5) is 16.4. The zero-order valence-electron chi connectivity index (χ0n) is 11.8. The molecule has 1 aromatic carbocycles. The minimum atomic E-state index is -0.218. The molecule has 0 unspecified atom stereocenters. The van der Waals surface area contributed by atoms with Crippen LogP contribution >= 0.6 is 11.3 Å². The first-order valence-corrected chi connectivity index (χ1v) is 7.74. The van der Waals surface area contributed by atoms with Gasteiger partial charge >= 0.3 is 0 Å². The minimum absolute atomic E-state index is 0.0914. The van der Waals surface area contributed by atoms with E-state index in [2.05, 4.69) is 10.3 Å². The summed E-state index contributed by atoms with van der Waals surface area (Å²) in [5.74, 6) is -0.0972. The molecule has 1 heterocycles. The highest BCUT2D eigenvalue weighted by molar-refractivity contribution is 7.16. The smallest absolute Gasteiger partial charge is 0.251 e. The number of carbonyl (C=O) groups excluding carboxylic acids is 1. The van der Waals surface area contributed by atoms with Crippen LogP contribution in [0.15, 0.2) is 23.7 Å². The van der Waals surface area contributed by atoms with Crippen molar-refractivity contribution < 1.29 is 9.90 Å². The van der Waals surface area contributed by atoms with Crippen LogP contribution in [0.25, 0.3) is 10.2 Å². The molecule has 0 aliphatic carbocycles. The second-order valence-electron chi connectivity index (χ2n) is 5.08. The molecule has 1 aromatic heterocycles. The Bertz CT molecular complexity index is 582. The normalized spacial score (nSPS) is 11.8. The fraction of sp³-hybridized carbons (Fsp3) is 0.467. The molecule has 108 valence electrons. The molecule has 0 bridgehead atoms. The Hall–Kier alpha value is -1.46. The van der Waals surface area contributed by atoms with Gasteiger partial charge in [-0.1, -0.05) is 13.8 Å². The molecule has 2 aromatic rings. The number of benzene rings is 1. The number of thiazole rings is 1. The lowest BCUT2D eigenvalue weighted by atomic mass is 9.83. The Morgan fingerprint density at radius 2 is 2.15 bits per heavy atom. The predicted octanol–water partition coefficient (Wildman–Crippen LogP) is 2.82. The highest BCUT2D eigenvalue weighted by Crippen LogP contribution is 2.25. The van der Waals surface area contributed by atoms with Crippen LogP contribution < -0.4 is 5.32 Å². The van der Waals surface area contributed by atoms with Crippen LogP contribution in [0.2, 0.25) is 0 Å². The quantitative estimate of drug-likeness (QED) is 0.860. The van der Waals surface area contributed by atoms with E-state index in [4.69, 9.17) is 0 Å². The molecule has 5 heteroatoms. The largest absolute Gasteiger partial charge is 0.396 e. The molecule has 20 heavy (non-hydrogen) atoms. The maximum Gasteiger partial charge on any atom is 0.251 e. The number of amides is 1. The zero-order chi connectivity index (χ0) is 14.6. The van der Waals surface area contributed by atoms with Crippen LogP contribution in [-0.2, 0) is 0 Å². The second-order valence-corrected chi connectivity index (χ2v) is 5.97. The van der Waals surface area contributed by atoms with E-state index in [0.29, 0.717) is 12.1 Å². The van der Waals surface area contributed by atoms with Gasteiger partial charge in [0.05, 0.1) is 22.3 Å². The zero-order valence-corrected chi connectivity index (χ0v) is 12.7. The van der Waals surface area contributed by atoms with Crippen molar-refractivity contribution in [1.29, 1.82) is 0 Å². The topological polar surface area (TPSA) is 62.2 Å². The molecule has 4 nitrogen and oxygen atoms in total. The van der Waals surface area contributed by atoms with Gasteiger partial charge in [0, 0.05) is 17.5 Å². The Labute approximate surface area is 122 Å². The molecule has 2 N–H and O–H groups in total. The SMILES string of the molecule is CCC(CC)(CO)CNC(=O)c1ccc2ncsc2c1. The molecule has 1 amide bonds. The van der Waals surface area contributed by atoms with Crippen LogP contribution in [-0.4, -0.2) is 29.1 Å². The first-order valence-electron chi connectivity index (χ1n) is 6.86. The first-order chi connectivity index (χ1) is 9.64. The Kier molecular flexibility index (Phi) is 4.73. The summed E-state index contributed by atoms with van der Waals surface area (Å²) < 4.78 is 1.01. The maximum atomic E-state index is 12.2. The van der Waals surface area contributed by atoms with E-state index in [1.807, 2.05) is 26.0 Å². The summed E-state index contributed by atoms with van der Waals surface area (Å²) in [5.41, 5.74) is 3.11. The summed E-state index contributed by atoms with van der Waals surface area (Å²) in [5, 5.41) is 12.5. The van der Waals surface area contributed by atoms with Crippen LogP contribution in [0, 0.1) is 5.41 Å². The fourth-order valence-electron chi connectivity index (χ4n) is 2.15. The molecule has 0 aliphatic heterocycles. The van der Waals surface area contributed by atoms with Gasteiger partial charge < -0.3 is 10.4 Å². The van der Waals surface area contributed by atoms with E-state index in [1.54, 1.807) is 11.6 Å². The first kappa shape index (κ1) is 14.9. The average molecular weight is 292 g/mol. The molecular formula is C15H20N2O2S. The van der Waals surface area contributed by atoms with Gasteiger partial charge in [0.25, 0.3) is 5.91 Å². The van der Waals surface area contributed by atoms with Gasteiger partial charge in [-0.05, 0) is 31.0 Å². The van der Waals surface area contributed by atoms with Crippen molar-refractivity contribution in [2.45, 2.75) is 26.7 Å². The maximum absolute atomic E-state index is 12.2. The van der Waals surface area contributed by atoms with Crippen molar-refractivity contribution in [2.24, 2.45) is 5.41 Å². The number of aromatic nitrogens is 1. The van der Waals surface area contributed by atoms with Gasteiger partial charge in [0.2, 0.25) is 0 Å². The number of rotatable bonds is 6. The van der Waals surface area contributed by atoms with Crippen molar-refractivity contribution >= 4 is 27.5 Å². The fourth-order valence-corrected chi connectivity index (χ4v) is 2.86. The number of aliphatic hydroxyl groups excluding tert-OH is 1. The van der Waals surface area contributed by atoms with Crippen molar-refractivity contribution in [2.75, 3.05) is 13.2 Å². The summed E-state index contributed by atoms with van der Waals surface area (Å²) in [6, 6.07) is 5.51. The summed E-state index contributed by atoms with van der Waals surface area (Å²) in [6.45, 7) is 4.66. The third-order valence-electron chi connectivity index (χ3n) is 4.05. The predicted molar refractivity (Wildman–Crippen MR) is 82.1 cm³/mol. The molecule has 2 rings (SSSR count). The van der Waals surface area contributed by atoms with E-state index in [0.717, 1.165) is 23.1 Å². The van der Waals surface area contributed by atoms with Crippen molar-refractivity contribution in [3.63, 3.8) is 0 Å². The van der Waals surface area contributed by atoms with Crippen molar-refractivity contribution in [1.82, 2.24) is 10.3 Å². The van der Waals surface area contributed by atoms with Gasteiger partial charge in [-0.25, -0.2) is 4.98 Å². The Morgan fingerprint density at radius 3 is 2.80 bits per heavy atom. The molecular weight excluding hydrogens is 272 g/mol. The molecule has 0 atom stereocenters. The lowest BCUT2D eigenvalue weighted by Crippen LogP contribution is -2.39. The number of fused-ring (bicyclic) bond motifs is 1. The number of nitrogens with one attached hydrogen (secondary N) is 1. The molecule has 0 spiro atoms. The number of carbonyl (C=O) groups is 1. The van der Waals surface area contributed by atoms with Crippen LogP contribution in [0.1, 0.15) is 37.0 Å². The summed E-state index contributed by atoms with van der Waals surface area (Å²) >= 11 is 1.52. The van der Waals surface area contributed by atoms with E-state index >= 15 is 0 Å². The van der Waals surface area contributed by atoms with E-state index in [-0.39, 0.29) is 17.9 Å². The third kappa shape index (κ3) is 2.99. The Balaban J connectivity index is 2.07. The molecule has 0 saturated carbocycles. The van der Waals surface area contributed by atoms with Crippen LogP contribution in [0.3, 0.4) is 0 Å². The second kappa shape index (κ2) is 6.33. The minimum Gasteiger partial charge on any atom is -0.396 e. The van der Waals surface area contributed by atoms with Crippen LogP contribution in [0.5, 0.6) is 0 Å². The van der Waals surface area contributed by atoms with E-state index in [1.165, 1.54) is 11.3 Å². The Morgan fingerprint density at radius 1 is 1.40 bits per heavy atom. The van der Waals surface area contributed by atoms with Crippen LogP contribution in [0.4, 0.5) is 0 Å². The summed E-state index contributed by atoms with van der Waals surface area (Å²) in [7, 11) is 0. The number of hydrogen-bond acceptors (Lipinski definition) is 4. The number of hydrogen-bond donors (Lipinski definition) is 2. The van der Waals surface area contributed by atoms with Gasteiger partial charge in [-0.15, -0.1) is 11.3 Å². The lowest BCUT2D eigenvalue weighted by molar-refractivity contribution is 0.0851. The van der Waals surface area contributed by atoms with E-state index < -0.39 is 0 Å². The third-order valence-corrected chi connectivity index (χ3v) is 4.84. The van der Waals surface area contributed by atoms with Crippen molar-refractivity contribution in [3.05, 3.63) is 29.3 Å². The van der Waals surface area contributed by atoms with E-state index in [9.17, 15) is 9.90 Å². The molecule has 0 fully saturated rings. The molecule has 0 radical (unpaired) electrons. The number of aliphatic hydroxyl groups is 1. The number of nitrogens with zero attached hydrogens (tertiary/aromatic N) is 1. The van der Waals surface area contributed by atoms with Gasteiger partial charge in [-0.3, -0.25) is 4.79 Å². The lowest BCUT2D eigenvalue weighted by Gasteiger charge is -2.29. The molecule has 0 saturated heterocycles. The van der Waals surface area contributed by atoms with Gasteiger partial charge in [0.15, 0.2) is 0 Å². The van der Waals surface area contributed by atoms with Crippen molar-refractivity contribution in [3.8, 4) is 0 Å². The average Bonchev–Trinajstić information content (AvgIpc) is 2.96. The summed E-state index contributed by atoms with van der Waals surface area (Å²) in [6.07, 6.45) is 1.68. The highest BCUT2D eigenvalue weighted by atomic mass is 32.1.